The predicted octanol–water partition coefficient (Wildman–Crippen LogP) is 4.93. The van der Waals surface area contributed by atoms with E-state index in [1.54, 1.807) is 0 Å². The second-order valence-electron chi connectivity index (χ2n) is 7.25. The van der Waals surface area contributed by atoms with Crippen molar-refractivity contribution in [1.29, 1.82) is 0 Å². The van der Waals surface area contributed by atoms with Gasteiger partial charge in [-0.15, -0.1) is 0 Å². The number of fused-ring (bicyclic) bond motifs is 2. The molecule has 0 radical (unpaired) electrons. The maximum absolute atomic E-state index is 6.21. The van der Waals surface area contributed by atoms with E-state index in [1.807, 2.05) is 6.07 Å². The van der Waals surface area contributed by atoms with E-state index in [-0.39, 0.29) is 0 Å². The average molecular weight is 270 g/mol. The Morgan fingerprint density at radius 3 is 2.55 bits per heavy atom. The molecule has 0 spiro atoms. The number of rotatable bonds is 4. The minimum atomic E-state index is 0.373. The summed E-state index contributed by atoms with van der Waals surface area (Å²) in [5, 5.41) is 0. The van der Waals surface area contributed by atoms with Crippen LogP contribution in [0, 0.1) is 16.7 Å². The molecular weight excluding hydrogens is 244 g/mol. The maximum Gasteiger partial charge on any atom is 0.0654 e. The van der Waals surface area contributed by atoms with Crippen molar-refractivity contribution in [3.05, 3.63) is 42.0 Å². The molecule has 0 heterocycles. The molecule has 20 heavy (non-hydrogen) atoms. The Bertz CT molecular complexity index is 488. The van der Waals surface area contributed by atoms with E-state index in [0.29, 0.717) is 16.9 Å². The summed E-state index contributed by atoms with van der Waals surface area (Å²) < 4.78 is 6.21. The van der Waals surface area contributed by atoms with Crippen molar-refractivity contribution in [3.8, 4) is 0 Å². The number of ether oxygens (including phenoxy) is 1. The molecule has 1 heteroatoms. The zero-order valence-corrected chi connectivity index (χ0v) is 12.9. The van der Waals surface area contributed by atoms with Gasteiger partial charge in [-0.2, -0.15) is 0 Å². The molecule has 1 aromatic carbocycles. The molecule has 0 saturated heterocycles. The van der Waals surface area contributed by atoms with E-state index in [1.165, 1.54) is 24.8 Å². The number of benzene rings is 1. The molecule has 2 fully saturated rings. The van der Waals surface area contributed by atoms with Gasteiger partial charge in [0.1, 0.15) is 0 Å². The van der Waals surface area contributed by atoms with Gasteiger partial charge in [-0.3, -0.25) is 0 Å². The average Bonchev–Trinajstić information content (AvgIpc) is 2.78. The predicted molar refractivity (Wildman–Crippen MR) is 84.4 cm³/mol. The summed E-state index contributed by atoms with van der Waals surface area (Å²) in [7, 11) is 0. The van der Waals surface area contributed by atoms with Gasteiger partial charge in [0.05, 0.1) is 12.7 Å². The lowest BCUT2D eigenvalue weighted by Crippen LogP contribution is -2.37. The Morgan fingerprint density at radius 1 is 1.20 bits per heavy atom. The fourth-order valence-corrected chi connectivity index (χ4v) is 4.30. The van der Waals surface area contributed by atoms with Crippen LogP contribution in [0.15, 0.2) is 36.4 Å². The van der Waals surface area contributed by atoms with E-state index in [0.717, 1.165) is 12.5 Å². The summed E-state index contributed by atoms with van der Waals surface area (Å²) in [6.07, 6.45) is 8.72. The first-order valence-electron chi connectivity index (χ1n) is 7.87. The smallest absolute Gasteiger partial charge is 0.0654 e. The first-order chi connectivity index (χ1) is 9.54. The Balaban J connectivity index is 1.57. The van der Waals surface area contributed by atoms with Crippen LogP contribution >= 0.6 is 0 Å². The molecule has 0 aromatic heterocycles. The molecular formula is C19H26O. The summed E-state index contributed by atoms with van der Waals surface area (Å²) in [6, 6.07) is 10.4. The van der Waals surface area contributed by atoms with Crippen LogP contribution in [0.3, 0.4) is 0 Å². The zero-order chi connectivity index (χ0) is 14.2. The lowest BCUT2D eigenvalue weighted by atomic mass is 9.70. The Labute approximate surface area is 123 Å². The molecule has 2 saturated carbocycles. The fourth-order valence-electron chi connectivity index (χ4n) is 4.30. The summed E-state index contributed by atoms with van der Waals surface area (Å²) in [6.45, 7) is 8.05. The Morgan fingerprint density at radius 2 is 1.95 bits per heavy atom. The van der Waals surface area contributed by atoms with Crippen molar-refractivity contribution in [2.45, 2.75) is 46.1 Å². The molecule has 2 aliphatic rings. The first-order valence-corrected chi connectivity index (χ1v) is 7.87. The van der Waals surface area contributed by atoms with Crippen molar-refractivity contribution in [2.24, 2.45) is 16.7 Å². The highest BCUT2D eigenvalue weighted by Gasteiger charge is 2.61. The molecule has 0 amide bonds. The minimum absolute atomic E-state index is 0.373. The second kappa shape index (κ2) is 5.04. The Kier molecular flexibility index (Phi) is 3.50. The van der Waals surface area contributed by atoms with Crippen molar-refractivity contribution in [3.63, 3.8) is 0 Å². The molecule has 2 bridgehead atoms. The normalized spacial score (nSPS) is 35.0. The standard InChI is InChI=1S/C19H26O/c1-18(2)16-11-12-19(18,3)17(14-16)20-13-7-10-15-8-5-4-6-9-15/h4-10,16-17H,11-14H2,1-3H3/b10-7+/t16?,17-,19?/m1/s1. The van der Waals surface area contributed by atoms with Gasteiger partial charge in [-0.05, 0) is 41.6 Å². The summed E-state index contributed by atoms with van der Waals surface area (Å²) in [5.74, 6) is 0.857. The first kappa shape index (κ1) is 13.9. The fraction of sp³-hybridized carbons (Fsp3) is 0.579. The van der Waals surface area contributed by atoms with E-state index < -0.39 is 0 Å². The minimum Gasteiger partial charge on any atom is -0.374 e. The number of hydrogen-bond acceptors (Lipinski definition) is 1. The van der Waals surface area contributed by atoms with Crippen LogP contribution in [0.5, 0.6) is 0 Å². The van der Waals surface area contributed by atoms with E-state index in [2.05, 4.69) is 57.2 Å². The maximum atomic E-state index is 6.21. The third-order valence-corrected chi connectivity index (χ3v) is 6.22. The third-order valence-electron chi connectivity index (χ3n) is 6.22. The Hall–Kier alpha value is -1.08. The molecule has 3 atom stereocenters. The molecule has 1 aromatic rings. The highest BCUT2D eigenvalue weighted by atomic mass is 16.5. The van der Waals surface area contributed by atoms with Crippen LogP contribution in [-0.4, -0.2) is 12.7 Å². The van der Waals surface area contributed by atoms with Crippen molar-refractivity contribution >= 4 is 6.08 Å². The lowest BCUT2D eigenvalue weighted by Gasteiger charge is -2.38. The van der Waals surface area contributed by atoms with E-state index in [4.69, 9.17) is 4.74 Å². The molecule has 2 aliphatic carbocycles. The summed E-state index contributed by atoms with van der Waals surface area (Å²) in [5.41, 5.74) is 2.06. The van der Waals surface area contributed by atoms with Crippen LogP contribution in [0.4, 0.5) is 0 Å². The van der Waals surface area contributed by atoms with Crippen LogP contribution in [0.25, 0.3) is 6.08 Å². The van der Waals surface area contributed by atoms with Gasteiger partial charge >= 0.3 is 0 Å². The van der Waals surface area contributed by atoms with Crippen molar-refractivity contribution in [1.82, 2.24) is 0 Å². The largest absolute Gasteiger partial charge is 0.374 e. The zero-order valence-electron chi connectivity index (χ0n) is 12.9. The van der Waals surface area contributed by atoms with E-state index >= 15 is 0 Å². The monoisotopic (exact) mass is 270 g/mol. The molecule has 108 valence electrons. The summed E-state index contributed by atoms with van der Waals surface area (Å²) in [4.78, 5) is 0. The molecule has 0 aliphatic heterocycles. The van der Waals surface area contributed by atoms with Gasteiger partial charge in [0.15, 0.2) is 0 Å². The van der Waals surface area contributed by atoms with Gasteiger partial charge < -0.3 is 4.74 Å². The highest BCUT2D eigenvalue weighted by Crippen LogP contribution is 2.66. The third kappa shape index (κ3) is 2.13. The number of hydrogen-bond donors (Lipinski definition) is 0. The second-order valence-corrected chi connectivity index (χ2v) is 7.25. The van der Waals surface area contributed by atoms with Gasteiger partial charge in [0, 0.05) is 0 Å². The molecule has 0 N–H and O–H groups in total. The van der Waals surface area contributed by atoms with Crippen molar-refractivity contribution in [2.75, 3.05) is 6.61 Å². The molecule has 2 unspecified atom stereocenters. The van der Waals surface area contributed by atoms with Gasteiger partial charge in [0.2, 0.25) is 0 Å². The van der Waals surface area contributed by atoms with Crippen molar-refractivity contribution < 1.29 is 4.74 Å². The van der Waals surface area contributed by atoms with Gasteiger partial charge in [-0.25, -0.2) is 0 Å². The SMILES string of the molecule is CC1(C)C2CCC1(C)[C@H](OC/C=C/c1ccccc1)C2. The molecule has 1 nitrogen and oxygen atoms in total. The highest BCUT2D eigenvalue weighted by molar-refractivity contribution is 5.48. The quantitative estimate of drug-likeness (QED) is 0.753. The topological polar surface area (TPSA) is 9.23 Å². The van der Waals surface area contributed by atoms with Crippen LogP contribution in [-0.2, 0) is 4.74 Å². The van der Waals surface area contributed by atoms with Gasteiger partial charge in [0.25, 0.3) is 0 Å². The summed E-state index contributed by atoms with van der Waals surface area (Å²) >= 11 is 0. The van der Waals surface area contributed by atoms with Crippen LogP contribution in [0.2, 0.25) is 0 Å². The lowest BCUT2D eigenvalue weighted by molar-refractivity contribution is -0.0350. The van der Waals surface area contributed by atoms with E-state index in [9.17, 15) is 0 Å². The molecule has 3 rings (SSSR count). The van der Waals surface area contributed by atoms with Gasteiger partial charge in [-0.1, -0.05) is 63.3 Å². The van der Waals surface area contributed by atoms with Crippen LogP contribution in [0.1, 0.15) is 45.6 Å². The van der Waals surface area contributed by atoms with Crippen LogP contribution < -0.4 is 0 Å².